The molecule has 0 saturated heterocycles. The summed E-state index contributed by atoms with van der Waals surface area (Å²) >= 11 is 3.47. The Morgan fingerprint density at radius 1 is 1.31 bits per heavy atom. The van der Waals surface area contributed by atoms with Gasteiger partial charge in [0, 0.05) is 23.6 Å². The van der Waals surface area contributed by atoms with Crippen molar-refractivity contribution in [3.8, 4) is 0 Å². The predicted octanol–water partition coefficient (Wildman–Crippen LogP) is 3.01. The molecule has 0 spiro atoms. The van der Waals surface area contributed by atoms with E-state index in [-0.39, 0.29) is 5.91 Å². The molecule has 1 unspecified atom stereocenters. The molecule has 3 aromatic rings. The molecule has 1 aromatic heterocycles. The first-order valence-electron chi connectivity index (χ1n) is 9.11. The van der Waals surface area contributed by atoms with Gasteiger partial charge in [0.25, 0.3) is 0 Å². The Kier molecular flexibility index (Phi) is 4.87. The Labute approximate surface area is 175 Å². The first-order chi connectivity index (χ1) is 13.9. The minimum Gasteiger partial charge on any atom is -0.362 e. The fourth-order valence-electron chi connectivity index (χ4n) is 3.90. The minimum absolute atomic E-state index is 0.222. The Morgan fingerprint density at radius 3 is 2.69 bits per heavy atom. The van der Waals surface area contributed by atoms with Crippen molar-refractivity contribution in [3.05, 3.63) is 80.3 Å². The zero-order chi connectivity index (χ0) is 20.7. The molecule has 29 heavy (non-hydrogen) atoms. The number of nitrogens with one attached hydrogen (secondary N) is 1. The number of anilines is 2. The first-order valence-corrected chi connectivity index (χ1v) is 9.90. The van der Waals surface area contributed by atoms with Gasteiger partial charge in [0.1, 0.15) is 6.17 Å². The van der Waals surface area contributed by atoms with Crippen LogP contribution >= 0.6 is 15.9 Å². The highest BCUT2D eigenvalue weighted by Crippen LogP contribution is 2.37. The van der Waals surface area contributed by atoms with Crippen molar-refractivity contribution < 1.29 is 4.79 Å². The molecule has 0 aliphatic carbocycles. The topological polar surface area (TPSA) is 78.4 Å². The van der Waals surface area contributed by atoms with Gasteiger partial charge in [-0.3, -0.25) is 23.9 Å². The van der Waals surface area contributed by atoms with Crippen molar-refractivity contribution in [2.75, 3.05) is 22.9 Å². The van der Waals surface area contributed by atoms with E-state index >= 15 is 0 Å². The number of hydrogen-bond acceptors (Lipinski definition) is 4. The number of benzene rings is 2. The number of carbonyl (C=O) groups is 1. The van der Waals surface area contributed by atoms with Crippen LogP contribution in [0, 0.1) is 0 Å². The number of rotatable bonds is 4. The average Bonchev–Trinajstić information content (AvgIpc) is 2.68. The van der Waals surface area contributed by atoms with E-state index in [4.69, 9.17) is 0 Å². The number of H-pyrrole nitrogens is 1. The van der Waals surface area contributed by atoms with Gasteiger partial charge in [-0.15, -0.1) is 6.58 Å². The highest BCUT2D eigenvalue weighted by molar-refractivity contribution is 9.10. The molecular formula is C21H19BrN4O3. The highest BCUT2D eigenvalue weighted by atomic mass is 79.9. The predicted molar refractivity (Wildman–Crippen MR) is 118 cm³/mol. The summed E-state index contributed by atoms with van der Waals surface area (Å²) in [6, 6.07) is 12.8. The largest absolute Gasteiger partial charge is 0.362 e. The van der Waals surface area contributed by atoms with Crippen LogP contribution in [0.3, 0.4) is 0 Å². The highest BCUT2D eigenvalue weighted by Gasteiger charge is 2.34. The summed E-state index contributed by atoms with van der Waals surface area (Å²) in [4.78, 5) is 44.3. The van der Waals surface area contributed by atoms with Gasteiger partial charge < -0.3 is 9.88 Å². The van der Waals surface area contributed by atoms with Gasteiger partial charge in [-0.05, 0) is 24.3 Å². The molecule has 1 aliphatic heterocycles. The van der Waals surface area contributed by atoms with Crippen LogP contribution in [0.5, 0.6) is 0 Å². The molecule has 0 bridgehead atoms. The van der Waals surface area contributed by atoms with Gasteiger partial charge in [0.15, 0.2) is 0 Å². The number of nitrogens with zero attached hydrogens (tertiary/aromatic N) is 3. The summed E-state index contributed by atoms with van der Waals surface area (Å²) in [5.74, 6) is -0.222. The SMILES string of the molecule is C=CCN1CC(N(C(C)=O)c2ccccc2)n2c(=O)c(=O)[nH]c3cc(Br)cc1c32. The van der Waals surface area contributed by atoms with Gasteiger partial charge in [-0.25, -0.2) is 0 Å². The summed E-state index contributed by atoms with van der Waals surface area (Å²) in [5.41, 5.74) is 1.14. The molecule has 1 aliphatic rings. The van der Waals surface area contributed by atoms with E-state index in [2.05, 4.69) is 27.5 Å². The number of aromatic amines is 1. The second kappa shape index (κ2) is 7.36. The van der Waals surface area contributed by atoms with E-state index in [0.29, 0.717) is 29.8 Å². The molecule has 8 heteroatoms. The number of halogens is 1. The van der Waals surface area contributed by atoms with Gasteiger partial charge in [-0.1, -0.05) is 40.2 Å². The maximum Gasteiger partial charge on any atom is 0.318 e. The van der Waals surface area contributed by atoms with Crippen molar-refractivity contribution in [1.29, 1.82) is 0 Å². The molecule has 1 amide bonds. The quantitative estimate of drug-likeness (QED) is 0.485. The van der Waals surface area contributed by atoms with Crippen LogP contribution in [-0.2, 0) is 4.79 Å². The number of carbonyl (C=O) groups excluding carboxylic acids is 1. The van der Waals surface area contributed by atoms with Crippen LogP contribution in [0.25, 0.3) is 11.0 Å². The fourth-order valence-corrected chi connectivity index (χ4v) is 4.35. The average molecular weight is 455 g/mol. The van der Waals surface area contributed by atoms with Crippen molar-refractivity contribution in [2.45, 2.75) is 13.1 Å². The third-order valence-corrected chi connectivity index (χ3v) is 5.46. The van der Waals surface area contributed by atoms with Gasteiger partial charge in [0.05, 0.1) is 23.3 Å². The zero-order valence-electron chi connectivity index (χ0n) is 15.8. The van der Waals surface area contributed by atoms with E-state index < -0.39 is 17.3 Å². The lowest BCUT2D eigenvalue weighted by molar-refractivity contribution is -0.117. The summed E-state index contributed by atoms with van der Waals surface area (Å²) in [6.45, 7) is 6.15. The lowest BCUT2D eigenvalue weighted by Gasteiger charge is -2.41. The summed E-state index contributed by atoms with van der Waals surface area (Å²) < 4.78 is 2.21. The normalized spacial score (nSPS) is 15.4. The number of aromatic nitrogens is 2. The van der Waals surface area contributed by atoms with Crippen LogP contribution in [0.15, 0.2) is 69.2 Å². The fraction of sp³-hybridized carbons (Fsp3) is 0.190. The van der Waals surface area contributed by atoms with Gasteiger partial charge in [-0.2, -0.15) is 0 Å². The Bertz CT molecular complexity index is 1230. The first kappa shape index (κ1) is 19.2. The van der Waals surface area contributed by atoms with Gasteiger partial charge >= 0.3 is 11.1 Å². The lowest BCUT2D eigenvalue weighted by atomic mass is 10.1. The van der Waals surface area contributed by atoms with Crippen LogP contribution in [0.2, 0.25) is 0 Å². The van der Waals surface area contributed by atoms with E-state index in [1.165, 1.54) is 11.5 Å². The van der Waals surface area contributed by atoms with Crippen LogP contribution < -0.4 is 20.9 Å². The summed E-state index contributed by atoms with van der Waals surface area (Å²) in [7, 11) is 0. The van der Waals surface area contributed by atoms with Crippen molar-refractivity contribution >= 4 is 44.2 Å². The molecule has 0 radical (unpaired) electrons. The maximum atomic E-state index is 12.9. The number of hydrogen-bond donors (Lipinski definition) is 1. The zero-order valence-corrected chi connectivity index (χ0v) is 17.3. The van der Waals surface area contributed by atoms with E-state index in [1.807, 2.05) is 41.3 Å². The van der Waals surface area contributed by atoms with Crippen LogP contribution in [0.1, 0.15) is 13.1 Å². The van der Waals surface area contributed by atoms with E-state index in [9.17, 15) is 14.4 Å². The Morgan fingerprint density at radius 2 is 2.03 bits per heavy atom. The molecule has 4 rings (SSSR count). The molecule has 1 atom stereocenters. The molecule has 148 valence electrons. The smallest absolute Gasteiger partial charge is 0.318 e. The molecule has 7 nitrogen and oxygen atoms in total. The summed E-state index contributed by atoms with van der Waals surface area (Å²) in [6.07, 6.45) is 1.09. The molecule has 0 saturated carbocycles. The van der Waals surface area contributed by atoms with Crippen molar-refractivity contribution in [2.24, 2.45) is 0 Å². The maximum absolute atomic E-state index is 12.9. The third-order valence-electron chi connectivity index (χ3n) is 5.00. The van der Waals surface area contributed by atoms with Gasteiger partial charge in [0.2, 0.25) is 5.91 Å². The Hall–Kier alpha value is -3.13. The lowest BCUT2D eigenvalue weighted by Crippen LogP contribution is -2.52. The van der Waals surface area contributed by atoms with E-state index in [1.54, 1.807) is 17.0 Å². The number of amides is 1. The Balaban J connectivity index is 2.07. The monoisotopic (exact) mass is 454 g/mol. The third kappa shape index (κ3) is 3.19. The molecule has 2 heterocycles. The molecular weight excluding hydrogens is 436 g/mol. The van der Waals surface area contributed by atoms with Crippen molar-refractivity contribution in [3.63, 3.8) is 0 Å². The van der Waals surface area contributed by atoms with Crippen LogP contribution in [0.4, 0.5) is 11.4 Å². The second-order valence-corrected chi connectivity index (χ2v) is 7.76. The second-order valence-electron chi connectivity index (χ2n) is 6.85. The minimum atomic E-state index is -0.722. The van der Waals surface area contributed by atoms with Crippen LogP contribution in [-0.4, -0.2) is 28.5 Å². The molecule has 1 N–H and O–H groups in total. The standard InChI is InChI=1S/C21H19BrN4O3/c1-3-9-24-12-18(25(13(2)27)15-7-5-4-6-8-15)26-19-16(23-20(28)21(26)29)10-14(22)11-17(19)24/h3-8,10-11,18H,1,9,12H2,2H3,(H,23,28). The molecule has 0 fully saturated rings. The van der Waals surface area contributed by atoms with Crippen molar-refractivity contribution in [1.82, 2.24) is 9.55 Å². The molecule has 2 aromatic carbocycles. The summed E-state index contributed by atoms with van der Waals surface area (Å²) in [5, 5.41) is 0. The number of para-hydroxylation sites is 1. The van der Waals surface area contributed by atoms with E-state index in [0.717, 1.165) is 10.2 Å².